The van der Waals surface area contributed by atoms with Gasteiger partial charge in [-0.25, -0.2) is 0 Å². The second-order valence-corrected chi connectivity index (χ2v) is 5.88. The van der Waals surface area contributed by atoms with Crippen molar-refractivity contribution >= 4 is 5.91 Å². The molecule has 2 N–H and O–H groups in total. The number of amides is 1. The highest BCUT2D eigenvalue weighted by Gasteiger charge is 2.23. The molecular weight excluding hydrogens is 304 g/mol. The van der Waals surface area contributed by atoms with Crippen LogP contribution in [-0.4, -0.2) is 48.2 Å². The van der Waals surface area contributed by atoms with Crippen molar-refractivity contribution in [2.45, 2.75) is 12.7 Å². The average Bonchev–Trinajstić information content (AvgIpc) is 2.85. The summed E-state index contributed by atoms with van der Waals surface area (Å²) >= 11 is 0. The highest BCUT2D eigenvalue weighted by Crippen LogP contribution is 2.21. The van der Waals surface area contributed by atoms with Crippen LogP contribution in [0, 0.1) is 0 Å². The normalized spacial score (nSPS) is 18.0. The Labute approximate surface area is 141 Å². The number of benzene rings is 2. The highest BCUT2D eigenvalue weighted by molar-refractivity contribution is 5.97. The van der Waals surface area contributed by atoms with Gasteiger partial charge in [-0.05, 0) is 17.7 Å². The lowest BCUT2D eigenvalue weighted by molar-refractivity contribution is 0.0668. The first-order valence-electron chi connectivity index (χ1n) is 8.18. The highest BCUT2D eigenvalue weighted by atomic mass is 16.5. The summed E-state index contributed by atoms with van der Waals surface area (Å²) in [6, 6.07) is 17.1. The van der Waals surface area contributed by atoms with Crippen molar-refractivity contribution in [1.82, 2.24) is 10.2 Å². The van der Waals surface area contributed by atoms with Crippen LogP contribution in [0.5, 0.6) is 5.75 Å². The van der Waals surface area contributed by atoms with Crippen molar-refractivity contribution in [2.75, 3.05) is 26.2 Å². The fourth-order valence-electron chi connectivity index (χ4n) is 2.75. The second kappa shape index (κ2) is 7.95. The number of nitrogens with one attached hydrogen (secondary N) is 1. The number of para-hydroxylation sites is 1. The third-order valence-electron chi connectivity index (χ3n) is 4.01. The van der Waals surface area contributed by atoms with E-state index in [0.717, 1.165) is 5.56 Å². The van der Waals surface area contributed by atoms with Gasteiger partial charge < -0.3 is 20.1 Å². The van der Waals surface area contributed by atoms with E-state index in [-0.39, 0.29) is 5.91 Å². The van der Waals surface area contributed by atoms with Gasteiger partial charge in [0, 0.05) is 26.2 Å². The third kappa shape index (κ3) is 4.13. The summed E-state index contributed by atoms with van der Waals surface area (Å²) in [5.74, 6) is 0.458. The van der Waals surface area contributed by atoms with Crippen LogP contribution in [0.25, 0.3) is 0 Å². The van der Waals surface area contributed by atoms with Crippen LogP contribution in [-0.2, 0) is 6.61 Å². The molecule has 126 valence electrons. The molecule has 1 aliphatic rings. The van der Waals surface area contributed by atoms with Crippen LogP contribution in [0.2, 0.25) is 0 Å². The molecule has 0 aliphatic carbocycles. The summed E-state index contributed by atoms with van der Waals surface area (Å²) in [7, 11) is 0. The molecular formula is C19H22N2O3. The number of hydrogen-bond acceptors (Lipinski definition) is 4. The Balaban J connectivity index is 1.74. The maximum atomic E-state index is 12.8. The van der Waals surface area contributed by atoms with Crippen molar-refractivity contribution in [3.63, 3.8) is 0 Å². The monoisotopic (exact) mass is 326 g/mol. The van der Waals surface area contributed by atoms with Gasteiger partial charge in [0.15, 0.2) is 0 Å². The fraction of sp³-hybridized carbons (Fsp3) is 0.316. The molecule has 5 heteroatoms. The summed E-state index contributed by atoms with van der Waals surface area (Å²) in [5.41, 5.74) is 1.58. The number of carbonyl (C=O) groups is 1. The Morgan fingerprint density at radius 3 is 2.75 bits per heavy atom. The molecule has 0 unspecified atom stereocenters. The maximum Gasteiger partial charge on any atom is 0.257 e. The Morgan fingerprint density at radius 2 is 1.92 bits per heavy atom. The number of β-amino-alcohol motifs (C(OH)–C–C–N with tert-alkyl or cyclic N) is 1. The number of rotatable bonds is 4. The predicted molar refractivity (Wildman–Crippen MR) is 92.0 cm³/mol. The van der Waals surface area contributed by atoms with Gasteiger partial charge in [0.2, 0.25) is 0 Å². The molecule has 3 rings (SSSR count). The van der Waals surface area contributed by atoms with Crippen molar-refractivity contribution in [3.05, 3.63) is 65.7 Å². The van der Waals surface area contributed by atoms with Crippen molar-refractivity contribution in [3.8, 4) is 5.75 Å². The number of nitrogens with zero attached hydrogens (tertiary/aromatic N) is 1. The van der Waals surface area contributed by atoms with Gasteiger partial charge in [0.1, 0.15) is 12.4 Å². The van der Waals surface area contributed by atoms with Gasteiger partial charge in [-0.1, -0.05) is 42.5 Å². The zero-order chi connectivity index (χ0) is 16.8. The van der Waals surface area contributed by atoms with Crippen molar-refractivity contribution in [2.24, 2.45) is 0 Å². The smallest absolute Gasteiger partial charge is 0.257 e. The molecule has 1 heterocycles. The molecule has 1 amide bonds. The lowest BCUT2D eigenvalue weighted by atomic mass is 10.1. The largest absolute Gasteiger partial charge is 0.488 e. The maximum absolute atomic E-state index is 12.8. The number of carbonyl (C=O) groups excluding carboxylic acids is 1. The van der Waals surface area contributed by atoms with E-state index < -0.39 is 6.10 Å². The van der Waals surface area contributed by atoms with Gasteiger partial charge >= 0.3 is 0 Å². The molecule has 1 fully saturated rings. The molecule has 1 aliphatic heterocycles. The summed E-state index contributed by atoms with van der Waals surface area (Å²) in [6.07, 6.45) is -0.547. The number of aliphatic hydroxyl groups is 1. The van der Waals surface area contributed by atoms with E-state index in [0.29, 0.717) is 44.1 Å². The standard InChI is InChI=1S/C19H22N2O3/c22-16-12-20-10-11-21(13-16)19(23)17-8-4-5-9-18(17)24-14-15-6-2-1-3-7-15/h1-9,16,20,22H,10-14H2/t16-/m0/s1. The van der Waals surface area contributed by atoms with Gasteiger partial charge in [0.25, 0.3) is 5.91 Å². The third-order valence-corrected chi connectivity index (χ3v) is 4.01. The molecule has 2 aromatic rings. The molecule has 0 saturated carbocycles. The first kappa shape index (κ1) is 16.5. The molecule has 5 nitrogen and oxygen atoms in total. The Hall–Kier alpha value is -2.37. The lowest BCUT2D eigenvalue weighted by Gasteiger charge is -2.23. The van der Waals surface area contributed by atoms with E-state index in [2.05, 4.69) is 5.32 Å². The van der Waals surface area contributed by atoms with Gasteiger partial charge in [-0.3, -0.25) is 4.79 Å². The van der Waals surface area contributed by atoms with Crippen molar-refractivity contribution in [1.29, 1.82) is 0 Å². The second-order valence-electron chi connectivity index (χ2n) is 5.88. The van der Waals surface area contributed by atoms with Crippen molar-refractivity contribution < 1.29 is 14.6 Å². The number of aliphatic hydroxyl groups excluding tert-OH is 1. The van der Waals surface area contributed by atoms with Gasteiger partial charge in [-0.2, -0.15) is 0 Å². The van der Waals surface area contributed by atoms with Crippen LogP contribution in [0.4, 0.5) is 0 Å². The predicted octanol–water partition coefficient (Wildman–Crippen LogP) is 1.67. The zero-order valence-corrected chi connectivity index (χ0v) is 13.5. The van der Waals surface area contributed by atoms with E-state index in [9.17, 15) is 9.90 Å². The quantitative estimate of drug-likeness (QED) is 0.897. The molecule has 0 bridgehead atoms. The molecule has 1 saturated heterocycles. The SMILES string of the molecule is O=C(c1ccccc1OCc1ccccc1)N1CCNC[C@H](O)C1. The Morgan fingerprint density at radius 1 is 1.17 bits per heavy atom. The first-order valence-corrected chi connectivity index (χ1v) is 8.18. The molecule has 2 aromatic carbocycles. The van der Waals surface area contributed by atoms with Crippen LogP contribution < -0.4 is 10.1 Å². The zero-order valence-electron chi connectivity index (χ0n) is 13.5. The average molecular weight is 326 g/mol. The summed E-state index contributed by atoms with van der Waals surface area (Å²) in [5, 5.41) is 13.0. The number of ether oxygens (including phenoxy) is 1. The minimum atomic E-state index is -0.547. The van der Waals surface area contributed by atoms with E-state index in [4.69, 9.17) is 4.74 Å². The van der Waals surface area contributed by atoms with Gasteiger partial charge in [0.05, 0.1) is 11.7 Å². The molecule has 1 atom stereocenters. The molecule has 0 spiro atoms. The van der Waals surface area contributed by atoms with E-state index in [1.165, 1.54) is 0 Å². The lowest BCUT2D eigenvalue weighted by Crippen LogP contribution is -2.37. The van der Waals surface area contributed by atoms with Crippen LogP contribution in [0.1, 0.15) is 15.9 Å². The molecule has 0 aromatic heterocycles. The van der Waals surface area contributed by atoms with E-state index in [1.54, 1.807) is 11.0 Å². The van der Waals surface area contributed by atoms with E-state index >= 15 is 0 Å². The van der Waals surface area contributed by atoms with Crippen LogP contribution >= 0.6 is 0 Å². The minimum absolute atomic E-state index is 0.110. The van der Waals surface area contributed by atoms with Crippen LogP contribution in [0.15, 0.2) is 54.6 Å². The topological polar surface area (TPSA) is 61.8 Å². The Bertz CT molecular complexity index is 675. The van der Waals surface area contributed by atoms with Gasteiger partial charge in [-0.15, -0.1) is 0 Å². The summed E-state index contributed by atoms with van der Waals surface area (Å²) < 4.78 is 5.87. The molecule has 0 radical (unpaired) electrons. The minimum Gasteiger partial charge on any atom is -0.488 e. The molecule has 24 heavy (non-hydrogen) atoms. The fourth-order valence-corrected chi connectivity index (χ4v) is 2.75. The first-order chi connectivity index (χ1) is 11.7. The summed E-state index contributed by atoms with van der Waals surface area (Å²) in [4.78, 5) is 14.5. The summed E-state index contributed by atoms with van der Waals surface area (Å²) in [6.45, 7) is 2.50. The number of hydrogen-bond donors (Lipinski definition) is 2. The Kier molecular flexibility index (Phi) is 5.46. The van der Waals surface area contributed by atoms with E-state index in [1.807, 2.05) is 48.5 Å². The van der Waals surface area contributed by atoms with Crippen LogP contribution in [0.3, 0.4) is 0 Å².